The van der Waals surface area contributed by atoms with E-state index in [1.807, 2.05) is 0 Å². The van der Waals surface area contributed by atoms with Gasteiger partial charge in [0.1, 0.15) is 11.3 Å². The quantitative estimate of drug-likeness (QED) is 0.0953. The van der Waals surface area contributed by atoms with Crippen molar-refractivity contribution in [3.8, 4) is 0 Å². The van der Waals surface area contributed by atoms with E-state index in [4.69, 9.17) is 0 Å². The Balaban J connectivity index is 2.08. The molecule has 0 saturated heterocycles. The molecule has 3 aromatic rings. The highest BCUT2D eigenvalue weighted by Gasteiger charge is 2.31. The summed E-state index contributed by atoms with van der Waals surface area (Å²) in [4.78, 5) is 16.8. The van der Waals surface area contributed by atoms with E-state index in [0.717, 1.165) is 5.56 Å². The monoisotopic (exact) mass is 431 g/mol. The molecule has 3 nitrogen and oxygen atoms in total. The second-order valence-electron chi connectivity index (χ2n) is 6.28. The molecule has 158 valence electrons. The van der Waals surface area contributed by atoms with Gasteiger partial charge in [-0.25, -0.2) is 26.7 Å². The maximum absolute atomic E-state index is 13.9. The van der Waals surface area contributed by atoms with Crippen LogP contribution in [0.2, 0.25) is 0 Å². The van der Waals surface area contributed by atoms with Crippen LogP contribution in [-0.2, 0) is 11.3 Å². The summed E-state index contributed by atoms with van der Waals surface area (Å²) in [5.74, 6) is -13.3. The molecule has 0 aliphatic carbocycles. The lowest BCUT2D eigenvalue weighted by molar-refractivity contribution is 0.0502. The van der Waals surface area contributed by atoms with Gasteiger partial charge in [-0.1, -0.05) is 65.8 Å². The van der Waals surface area contributed by atoms with Crippen LogP contribution in [0.1, 0.15) is 27.0 Å². The van der Waals surface area contributed by atoms with E-state index in [9.17, 15) is 26.7 Å². The van der Waals surface area contributed by atoms with Gasteiger partial charge in [0, 0.05) is 11.1 Å². The highest BCUT2D eigenvalue weighted by molar-refractivity contribution is 6.13. The number of nitrogens with zero attached hydrogens (tertiary/aromatic N) is 1. The first-order valence-corrected chi connectivity index (χ1v) is 8.92. The lowest BCUT2D eigenvalue weighted by Gasteiger charge is -2.11. The van der Waals surface area contributed by atoms with Crippen molar-refractivity contribution in [2.45, 2.75) is 6.42 Å². The van der Waals surface area contributed by atoms with Crippen LogP contribution < -0.4 is 0 Å². The molecule has 0 atom stereocenters. The normalized spacial score (nSPS) is 11.3. The summed E-state index contributed by atoms with van der Waals surface area (Å²) in [6.45, 7) is 3.68. The van der Waals surface area contributed by atoms with E-state index >= 15 is 0 Å². The van der Waals surface area contributed by atoms with Gasteiger partial charge < -0.3 is 4.84 Å². The molecular formula is C23H14F5NO2. The van der Waals surface area contributed by atoms with Gasteiger partial charge in [0.15, 0.2) is 23.3 Å². The molecule has 0 heterocycles. The van der Waals surface area contributed by atoms with Crippen molar-refractivity contribution in [3.05, 3.63) is 119 Å². The van der Waals surface area contributed by atoms with Crippen LogP contribution in [0.15, 0.2) is 72.4 Å². The van der Waals surface area contributed by atoms with Crippen LogP contribution in [0.3, 0.4) is 0 Å². The summed E-state index contributed by atoms with van der Waals surface area (Å²) < 4.78 is 67.9. The third-order valence-corrected chi connectivity index (χ3v) is 4.32. The third-order valence-electron chi connectivity index (χ3n) is 4.32. The first kappa shape index (κ1) is 21.9. The molecule has 0 unspecified atom stereocenters. The summed E-state index contributed by atoms with van der Waals surface area (Å²) >= 11 is 0. The van der Waals surface area contributed by atoms with E-state index in [2.05, 4.69) is 16.6 Å². The van der Waals surface area contributed by atoms with E-state index in [0.29, 0.717) is 17.5 Å². The minimum absolute atomic E-state index is 0.121. The van der Waals surface area contributed by atoms with Gasteiger partial charge in [-0.15, -0.1) is 6.58 Å². The number of allylic oxidation sites excluding steroid dienone is 1. The van der Waals surface area contributed by atoms with E-state index in [1.54, 1.807) is 60.7 Å². The Morgan fingerprint density at radius 1 is 0.839 bits per heavy atom. The summed E-state index contributed by atoms with van der Waals surface area (Å²) in [6, 6.07) is 15.3. The molecule has 0 radical (unpaired) electrons. The number of halogens is 5. The van der Waals surface area contributed by atoms with Gasteiger partial charge in [-0.2, -0.15) is 0 Å². The van der Waals surface area contributed by atoms with Gasteiger partial charge >= 0.3 is 5.97 Å². The van der Waals surface area contributed by atoms with Crippen molar-refractivity contribution in [1.29, 1.82) is 0 Å². The molecular weight excluding hydrogens is 417 g/mol. The zero-order chi connectivity index (χ0) is 22.5. The van der Waals surface area contributed by atoms with Crippen molar-refractivity contribution in [1.82, 2.24) is 0 Å². The molecule has 0 fully saturated rings. The fraction of sp³-hybridized carbons (Fsp3) is 0.0435. The summed E-state index contributed by atoms with van der Waals surface area (Å²) in [5.41, 5.74) is 0.164. The molecule has 3 rings (SSSR count). The fourth-order valence-corrected chi connectivity index (χ4v) is 2.86. The second-order valence-corrected chi connectivity index (χ2v) is 6.28. The summed E-state index contributed by atoms with van der Waals surface area (Å²) in [7, 11) is 0. The average molecular weight is 431 g/mol. The highest BCUT2D eigenvalue weighted by Crippen LogP contribution is 2.24. The van der Waals surface area contributed by atoms with Gasteiger partial charge in [0.25, 0.3) is 0 Å². The molecule has 0 aliphatic rings. The average Bonchev–Trinajstić information content (AvgIpc) is 2.78. The number of benzene rings is 3. The predicted octanol–water partition coefficient (Wildman–Crippen LogP) is 5.72. The highest BCUT2D eigenvalue weighted by atomic mass is 19.2. The largest absolute Gasteiger partial charge is 0.371 e. The molecule has 0 amide bonds. The SMILES string of the molecule is C=CCc1ccccc1/C(=N/OC(=O)c1c(F)c(F)c(F)c(F)c1F)c1ccccc1. The standard InChI is InChI=1S/C23H14F5NO2/c1-2-8-13-9-6-7-12-15(13)22(14-10-4-3-5-11-14)29-31-23(30)16-17(24)19(26)21(28)20(27)18(16)25/h2-7,9-12H,1,8H2/b29-22+. The Hall–Kier alpha value is -3.81. The number of rotatable bonds is 6. The molecule has 0 aliphatic heterocycles. The van der Waals surface area contributed by atoms with Crippen molar-refractivity contribution >= 4 is 11.7 Å². The second kappa shape index (κ2) is 9.34. The molecule has 0 bridgehead atoms. The Morgan fingerprint density at radius 2 is 1.39 bits per heavy atom. The molecule has 0 saturated carbocycles. The van der Waals surface area contributed by atoms with Crippen molar-refractivity contribution in [3.63, 3.8) is 0 Å². The van der Waals surface area contributed by atoms with Crippen LogP contribution in [0.25, 0.3) is 0 Å². The molecule has 0 N–H and O–H groups in total. The predicted molar refractivity (Wildman–Crippen MR) is 104 cm³/mol. The topological polar surface area (TPSA) is 38.7 Å². The van der Waals surface area contributed by atoms with E-state index < -0.39 is 40.6 Å². The van der Waals surface area contributed by atoms with Crippen LogP contribution >= 0.6 is 0 Å². The molecule has 3 aromatic carbocycles. The lowest BCUT2D eigenvalue weighted by atomic mass is 9.96. The van der Waals surface area contributed by atoms with Gasteiger partial charge in [-0.05, 0) is 12.0 Å². The lowest BCUT2D eigenvalue weighted by Crippen LogP contribution is -2.15. The number of carbonyl (C=O) groups excluding carboxylic acids is 1. The number of hydrogen-bond acceptors (Lipinski definition) is 3. The van der Waals surface area contributed by atoms with Crippen LogP contribution in [0.4, 0.5) is 22.0 Å². The number of carbonyl (C=O) groups is 1. The van der Waals surface area contributed by atoms with Gasteiger partial charge in [-0.3, -0.25) is 0 Å². The van der Waals surface area contributed by atoms with Crippen molar-refractivity contribution in [2.75, 3.05) is 0 Å². The maximum Gasteiger partial charge on any atom is 0.371 e. The third kappa shape index (κ3) is 4.37. The minimum atomic E-state index is -2.38. The number of hydrogen-bond donors (Lipinski definition) is 0. The van der Waals surface area contributed by atoms with Crippen LogP contribution in [0.5, 0.6) is 0 Å². The fourth-order valence-electron chi connectivity index (χ4n) is 2.86. The smallest absolute Gasteiger partial charge is 0.312 e. The molecule has 31 heavy (non-hydrogen) atoms. The van der Waals surface area contributed by atoms with Crippen molar-refractivity contribution in [2.24, 2.45) is 5.16 Å². The van der Waals surface area contributed by atoms with Crippen molar-refractivity contribution < 1.29 is 31.6 Å². The summed E-state index contributed by atoms with van der Waals surface area (Å²) in [5, 5.41) is 3.71. The Bertz CT molecular complexity index is 1150. The van der Waals surface area contributed by atoms with Gasteiger partial charge in [0.2, 0.25) is 5.82 Å². The Kier molecular flexibility index (Phi) is 6.59. The first-order chi connectivity index (χ1) is 14.9. The zero-order valence-corrected chi connectivity index (χ0v) is 15.8. The van der Waals surface area contributed by atoms with E-state index in [-0.39, 0.29) is 5.71 Å². The van der Waals surface area contributed by atoms with E-state index in [1.165, 1.54) is 0 Å². The minimum Gasteiger partial charge on any atom is -0.312 e. The van der Waals surface area contributed by atoms with Crippen LogP contribution in [0, 0.1) is 29.1 Å². The first-order valence-electron chi connectivity index (χ1n) is 8.92. The molecule has 8 heteroatoms. The Labute approximate surface area is 174 Å². The maximum atomic E-state index is 13.9. The Morgan fingerprint density at radius 3 is 2.00 bits per heavy atom. The van der Waals surface area contributed by atoms with Gasteiger partial charge in [0.05, 0.1) is 0 Å². The number of oxime groups is 1. The molecule has 0 spiro atoms. The zero-order valence-electron chi connectivity index (χ0n) is 15.8. The molecule has 0 aromatic heterocycles. The summed E-state index contributed by atoms with van der Waals surface area (Å²) in [6.07, 6.45) is 2.08. The van der Waals surface area contributed by atoms with Crippen LogP contribution in [-0.4, -0.2) is 11.7 Å².